The highest BCUT2D eigenvalue weighted by molar-refractivity contribution is 7.72. The summed E-state index contributed by atoms with van der Waals surface area (Å²) in [6, 6.07) is 9.71. The van der Waals surface area contributed by atoms with Crippen molar-refractivity contribution in [1.29, 1.82) is 0 Å². The molecular weight excluding hydrogens is 181 g/mol. The van der Waals surface area contributed by atoms with Gasteiger partial charge in [0.15, 0.2) is 0 Å². The van der Waals surface area contributed by atoms with E-state index in [9.17, 15) is 4.57 Å². The molecule has 1 rings (SSSR count). The van der Waals surface area contributed by atoms with Gasteiger partial charge in [0.25, 0.3) is 0 Å². The van der Waals surface area contributed by atoms with Gasteiger partial charge in [0, 0.05) is 6.54 Å². The van der Waals surface area contributed by atoms with Crippen LogP contribution in [0.4, 0.5) is 0 Å². The Bertz CT molecular complexity index is 239. The fraction of sp³-hybridized carbons (Fsp3) is 0.143. The summed E-state index contributed by atoms with van der Waals surface area (Å²) in [5.74, 6) is 0. The van der Waals surface area contributed by atoms with E-state index in [-0.39, 0.29) is 0 Å². The van der Waals surface area contributed by atoms with E-state index < -0.39 is 7.30 Å². The third-order valence-corrected chi connectivity index (χ3v) is 2.13. The molecule has 0 heterocycles. The van der Waals surface area contributed by atoms with Gasteiger partial charge in [0.2, 0.25) is 7.30 Å². The zero-order valence-electron chi connectivity index (χ0n) is 5.88. The molecule has 0 spiro atoms. The van der Waals surface area contributed by atoms with Crippen LogP contribution in [0.25, 0.3) is 0 Å². The van der Waals surface area contributed by atoms with Crippen LogP contribution in [0.1, 0.15) is 5.56 Å². The predicted molar refractivity (Wildman–Crippen MR) is 48.1 cm³/mol. The monoisotopic (exact) mass is 189 g/mol. The average molecular weight is 190 g/mol. The van der Waals surface area contributed by atoms with E-state index >= 15 is 0 Å². The van der Waals surface area contributed by atoms with Crippen molar-refractivity contribution in [2.75, 3.05) is 0 Å². The van der Waals surface area contributed by atoms with Crippen molar-refractivity contribution in [3.8, 4) is 0 Å². The zero-order chi connectivity index (χ0) is 8.10. The maximum Gasteiger partial charge on any atom is 0.221 e. The molecular formula is C7H9ClNOP. The predicted octanol–water partition coefficient (Wildman–Crippen LogP) is 2.40. The maximum atomic E-state index is 10.5. The Kier molecular flexibility index (Phi) is 3.64. The fourth-order valence-electron chi connectivity index (χ4n) is 0.767. The van der Waals surface area contributed by atoms with Gasteiger partial charge in [-0.15, -0.1) is 0 Å². The summed E-state index contributed by atoms with van der Waals surface area (Å²) < 4.78 is 10.5. The van der Waals surface area contributed by atoms with Crippen LogP contribution in [0.3, 0.4) is 0 Å². The molecule has 0 aliphatic heterocycles. The Balaban J connectivity index is 2.45. The summed E-state index contributed by atoms with van der Waals surface area (Å²) in [6.07, 6.45) is 0. The SMILES string of the molecule is O=[PH](Cl)NCc1ccccc1. The van der Waals surface area contributed by atoms with Crippen LogP contribution < -0.4 is 5.09 Å². The minimum absolute atomic E-state index is 0.572. The molecule has 1 atom stereocenters. The summed E-state index contributed by atoms with van der Waals surface area (Å²) >= 11 is 5.26. The molecule has 0 radical (unpaired) electrons. The molecule has 0 saturated carbocycles. The first kappa shape index (κ1) is 8.79. The third-order valence-electron chi connectivity index (χ3n) is 1.27. The number of halogens is 1. The van der Waals surface area contributed by atoms with Gasteiger partial charge in [0.1, 0.15) is 0 Å². The molecule has 2 nitrogen and oxygen atoms in total. The van der Waals surface area contributed by atoms with Gasteiger partial charge in [-0.25, -0.2) is 0 Å². The van der Waals surface area contributed by atoms with Crippen LogP contribution in [0.15, 0.2) is 30.3 Å². The number of benzene rings is 1. The lowest BCUT2D eigenvalue weighted by molar-refractivity contribution is 0.588. The van der Waals surface area contributed by atoms with Gasteiger partial charge in [-0.3, -0.25) is 9.65 Å². The normalized spacial score (nSPS) is 12.8. The molecule has 1 N–H and O–H groups in total. The minimum atomic E-state index is -2.06. The van der Waals surface area contributed by atoms with Gasteiger partial charge in [-0.05, 0) is 16.8 Å². The highest BCUT2D eigenvalue weighted by atomic mass is 35.7. The maximum absolute atomic E-state index is 10.5. The minimum Gasteiger partial charge on any atom is -0.293 e. The van der Waals surface area contributed by atoms with E-state index in [0.29, 0.717) is 6.54 Å². The Labute approximate surface area is 71.2 Å². The van der Waals surface area contributed by atoms with Crippen LogP contribution in [0.5, 0.6) is 0 Å². The van der Waals surface area contributed by atoms with Crippen LogP contribution in [0, 0.1) is 0 Å². The van der Waals surface area contributed by atoms with Crippen molar-refractivity contribution in [1.82, 2.24) is 5.09 Å². The largest absolute Gasteiger partial charge is 0.293 e. The van der Waals surface area contributed by atoms with Crippen LogP contribution in [-0.2, 0) is 11.1 Å². The molecule has 11 heavy (non-hydrogen) atoms. The van der Waals surface area contributed by atoms with Crippen molar-refractivity contribution in [3.05, 3.63) is 35.9 Å². The standard InChI is InChI=1S/C7H9ClNOP/c8-11(10)9-6-7-4-2-1-3-5-7/h1-5,11H,6H2,(H,9,10). The van der Waals surface area contributed by atoms with E-state index in [1.807, 2.05) is 30.3 Å². The Morgan fingerprint density at radius 2 is 2.00 bits per heavy atom. The second-order valence-electron chi connectivity index (χ2n) is 2.11. The summed E-state index contributed by atoms with van der Waals surface area (Å²) in [5, 5.41) is 2.67. The second kappa shape index (κ2) is 4.55. The molecule has 0 aromatic heterocycles. The van der Waals surface area contributed by atoms with Gasteiger partial charge in [0.05, 0.1) is 0 Å². The number of hydrogen-bond acceptors (Lipinski definition) is 1. The molecule has 0 fully saturated rings. The van der Waals surface area contributed by atoms with Crippen molar-refractivity contribution in [3.63, 3.8) is 0 Å². The smallest absolute Gasteiger partial charge is 0.221 e. The van der Waals surface area contributed by atoms with Gasteiger partial charge in [-0.2, -0.15) is 0 Å². The van der Waals surface area contributed by atoms with E-state index in [1.54, 1.807) is 0 Å². The molecule has 0 aliphatic carbocycles. The number of nitrogens with one attached hydrogen (secondary N) is 1. The van der Waals surface area contributed by atoms with Gasteiger partial charge >= 0.3 is 0 Å². The molecule has 60 valence electrons. The number of rotatable bonds is 3. The summed E-state index contributed by atoms with van der Waals surface area (Å²) in [7, 11) is -2.06. The first-order chi connectivity index (χ1) is 5.29. The molecule has 0 saturated heterocycles. The molecule has 0 amide bonds. The van der Waals surface area contributed by atoms with Crippen molar-refractivity contribution in [2.24, 2.45) is 0 Å². The highest BCUT2D eigenvalue weighted by Crippen LogP contribution is 2.20. The summed E-state index contributed by atoms with van der Waals surface area (Å²) in [6.45, 7) is 0.572. The van der Waals surface area contributed by atoms with E-state index in [1.165, 1.54) is 0 Å². The molecule has 1 unspecified atom stereocenters. The fourth-order valence-corrected chi connectivity index (χ4v) is 1.31. The lowest BCUT2D eigenvalue weighted by atomic mass is 10.2. The quantitative estimate of drug-likeness (QED) is 0.740. The topological polar surface area (TPSA) is 29.1 Å². The van der Waals surface area contributed by atoms with Gasteiger partial charge < -0.3 is 0 Å². The first-order valence-electron chi connectivity index (χ1n) is 3.26. The molecule has 1 aromatic rings. The highest BCUT2D eigenvalue weighted by Gasteiger charge is 1.91. The van der Waals surface area contributed by atoms with E-state index in [0.717, 1.165) is 5.56 Å². The Hall–Kier alpha value is -0.300. The Morgan fingerprint density at radius 3 is 2.55 bits per heavy atom. The van der Waals surface area contributed by atoms with E-state index in [2.05, 4.69) is 5.09 Å². The average Bonchev–Trinajstić information content (AvgIpc) is 2.03. The Morgan fingerprint density at radius 1 is 1.36 bits per heavy atom. The molecule has 4 heteroatoms. The first-order valence-corrected chi connectivity index (χ1v) is 5.68. The van der Waals surface area contributed by atoms with Crippen molar-refractivity contribution in [2.45, 2.75) is 6.54 Å². The van der Waals surface area contributed by atoms with Crippen LogP contribution in [0.2, 0.25) is 0 Å². The summed E-state index contributed by atoms with van der Waals surface area (Å²) in [5.41, 5.74) is 1.09. The molecule has 1 aromatic carbocycles. The summed E-state index contributed by atoms with van der Waals surface area (Å²) in [4.78, 5) is 0. The van der Waals surface area contributed by atoms with Gasteiger partial charge in [-0.1, -0.05) is 30.3 Å². The lowest BCUT2D eigenvalue weighted by Gasteiger charge is -1.98. The lowest BCUT2D eigenvalue weighted by Crippen LogP contribution is -1.99. The third kappa shape index (κ3) is 3.57. The molecule has 0 bridgehead atoms. The second-order valence-corrected chi connectivity index (χ2v) is 4.04. The van der Waals surface area contributed by atoms with Crippen molar-refractivity contribution >= 4 is 18.5 Å². The van der Waals surface area contributed by atoms with Crippen molar-refractivity contribution < 1.29 is 4.57 Å². The molecule has 0 aliphatic rings. The zero-order valence-corrected chi connectivity index (χ0v) is 7.64. The van der Waals surface area contributed by atoms with Crippen LogP contribution >= 0.6 is 18.5 Å². The van der Waals surface area contributed by atoms with Crippen LogP contribution in [-0.4, -0.2) is 0 Å². The van der Waals surface area contributed by atoms with E-state index in [4.69, 9.17) is 11.2 Å². The number of hydrogen-bond donors (Lipinski definition) is 1.